The molecule has 17 heavy (non-hydrogen) atoms. The van der Waals surface area contributed by atoms with E-state index in [1.54, 1.807) is 11.3 Å². The first-order chi connectivity index (χ1) is 8.08. The summed E-state index contributed by atoms with van der Waals surface area (Å²) in [6, 6.07) is 6.41. The van der Waals surface area contributed by atoms with Gasteiger partial charge in [0.1, 0.15) is 5.82 Å². The zero-order chi connectivity index (χ0) is 12.4. The van der Waals surface area contributed by atoms with E-state index in [9.17, 15) is 0 Å². The molecular formula is C12H16N4S. The molecule has 0 saturated heterocycles. The highest BCUT2D eigenvalue weighted by molar-refractivity contribution is 7.10. The molecule has 1 atom stereocenters. The molecule has 2 aromatic heterocycles. The third-order valence-corrected chi connectivity index (χ3v) is 3.80. The summed E-state index contributed by atoms with van der Waals surface area (Å²) in [5.74, 6) is 1.18. The van der Waals surface area contributed by atoms with E-state index >= 15 is 0 Å². The number of anilines is 2. The average molecular weight is 248 g/mol. The number of nitrogens with zero attached hydrogens (tertiary/aromatic N) is 3. The summed E-state index contributed by atoms with van der Waals surface area (Å²) in [4.78, 5) is 11.8. The van der Waals surface area contributed by atoms with Gasteiger partial charge in [0.2, 0.25) is 5.95 Å². The number of hydrogen-bond acceptors (Lipinski definition) is 5. The molecule has 90 valence electrons. The van der Waals surface area contributed by atoms with Crippen LogP contribution in [-0.4, -0.2) is 17.0 Å². The van der Waals surface area contributed by atoms with Crippen molar-refractivity contribution < 1.29 is 0 Å². The Labute approximate surface area is 105 Å². The van der Waals surface area contributed by atoms with Crippen LogP contribution in [0.3, 0.4) is 0 Å². The summed E-state index contributed by atoms with van der Waals surface area (Å²) in [5.41, 5.74) is 6.56. The van der Waals surface area contributed by atoms with Crippen LogP contribution in [0.2, 0.25) is 0 Å². The zero-order valence-corrected chi connectivity index (χ0v) is 11.0. The maximum absolute atomic E-state index is 5.67. The maximum Gasteiger partial charge on any atom is 0.222 e. The fourth-order valence-corrected chi connectivity index (χ4v) is 2.50. The van der Waals surface area contributed by atoms with Crippen LogP contribution in [0, 0.1) is 6.92 Å². The van der Waals surface area contributed by atoms with E-state index in [-0.39, 0.29) is 6.04 Å². The minimum Gasteiger partial charge on any atom is -0.368 e. The van der Waals surface area contributed by atoms with Gasteiger partial charge in [-0.05, 0) is 25.3 Å². The number of hydrogen-bond donors (Lipinski definition) is 1. The lowest BCUT2D eigenvalue weighted by Gasteiger charge is -2.25. The van der Waals surface area contributed by atoms with Gasteiger partial charge in [-0.1, -0.05) is 6.07 Å². The molecule has 0 fully saturated rings. The molecule has 1 unspecified atom stereocenters. The largest absolute Gasteiger partial charge is 0.368 e. The van der Waals surface area contributed by atoms with Crippen LogP contribution in [-0.2, 0) is 0 Å². The molecule has 2 rings (SSSR count). The smallest absolute Gasteiger partial charge is 0.222 e. The Hall–Kier alpha value is -1.62. The Bertz CT molecular complexity index is 475. The summed E-state index contributed by atoms with van der Waals surface area (Å²) in [6.07, 6.45) is 0. The number of thiophene rings is 1. The second-order valence-electron chi connectivity index (χ2n) is 4.03. The van der Waals surface area contributed by atoms with E-state index in [0.717, 1.165) is 11.5 Å². The number of nitrogens with two attached hydrogens (primary N) is 1. The fourth-order valence-electron chi connectivity index (χ4n) is 1.67. The third kappa shape index (κ3) is 2.55. The van der Waals surface area contributed by atoms with Gasteiger partial charge in [-0.3, -0.25) is 0 Å². The van der Waals surface area contributed by atoms with Gasteiger partial charge < -0.3 is 10.6 Å². The van der Waals surface area contributed by atoms with Crippen molar-refractivity contribution in [2.75, 3.05) is 17.7 Å². The molecule has 0 aliphatic rings. The fraction of sp³-hybridized carbons (Fsp3) is 0.333. The molecular weight excluding hydrogens is 232 g/mol. The second-order valence-corrected chi connectivity index (χ2v) is 5.01. The molecule has 0 aliphatic carbocycles. The summed E-state index contributed by atoms with van der Waals surface area (Å²) >= 11 is 1.75. The lowest BCUT2D eigenvalue weighted by atomic mass is 10.2. The summed E-state index contributed by atoms with van der Waals surface area (Å²) in [7, 11) is 2.02. The Balaban J connectivity index is 2.27. The zero-order valence-electron chi connectivity index (χ0n) is 10.2. The van der Waals surface area contributed by atoms with Crippen LogP contribution in [0.25, 0.3) is 0 Å². The first-order valence-corrected chi connectivity index (χ1v) is 6.33. The Morgan fingerprint density at radius 3 is 2.76 bits per heavy atom. The average Bonchev–Trinajstić information content (AvgIpc) is 2.79. The molecule has 2 N–H and O–H groups in total. The van der Waals surface area contributed by atoms with Crippen LogP contribution in [0.4, 0.5) is 11.8 Å². The summed E-state index contributed by atoms with van der Waals surface area (Å²) in [5, 5.41) is 2.08. The molecule has 0 saturated carbocycles. The van der Waals surface area contributed by atoms with Crippen LogP contribution < -0.4 is 10.6 Å². The van der Waals surface area contributed by atoms with E-state index in [0.29, 0.717) is 5.95 Å². The van der Waals surface area contributed by atoms with Gasteiger partial charge in [-0.25, -0.2) is 4.98 Å². The highest BCUT2D eigenvalue weighted by Gasteiger charge is 2.15. The standard InChI is InChI=1S/C12H16N4S/c1-8-7-11(15-12(13)14-8)16(3)9(2)10-5-4-6-17-10/h4-7,9H,1-3H3,(H2,13,14,15). The molecule has 2 heterocycles. The molecule has 0 aliphatic heterocycles. The molecule has 4 nitrogen and oxygen atoms in total. The van der Waals surface area contributed by atoms with Crippen LogP contribution in [0.5, 0.6) is 0 Å². The number of aryl methyl sites for hydroxylation is 1. The molecule has 0 amide bonds. The van der Waals surface area contributed by atoms with E-state index in [1.165, 1.54) is 4.88 Å². The highest BCUT2D eigenvalue weighted by atomic mass is 32.1. The molecule has 0 spiro atoms. The van der Waals surface area contributed by atoms with Gasteiger partial charge in [0.05, 0.1) is 6.04 Å². The van der Waals surface area contributed by atoms with E-state index in [1.807, 2.05) is 20.0 Å². The monoisotopic (exact) mass is 248 g/mol. The lowest BCUT2D eigenvalue weighted by molar-refractivity contribution is 0.740. The molecule has 0 radical (unpaired) electrons. The Morgan fingerprint density at radius 1 is 1.41 bits per heavy atom. The molecule has 2 aromatic rings. The quantitative estimate of drug-likeness (QED) is 0.907. The van der Waals surface area contributed by atoms with E-state index in [2.05, 4.69) is 39.3 Å². The predicted octanol–water partition coefficient (Wildman–Crippen LogP) is 2.63. The van der Waals surface area contributed by atoms with Crippen molar-refractivity contribution in [2.45, 2.75) is 19.9 Å². The molecule has 0 bridgehead atoms. The van der Waals surface area contributed by atoms with Crippen molar-refractivity contribution in [3.8, 4) is 0 Å². The van der Waals surface area contributed by atoms with Crippen LogP contribution >= 0.6 is 11.3 Å². The maximum atomic E-state index is 5.67. The van der Waals surface area contributed by atoms with Crippen molar-refractivity contribution in [3.63, 3.8) is 0 Å². The number of rotatable bonds is 3. The van der Waals surface area contributed by atoms with Crippen molar-refractivity contribution in [1.82, 2.24) is 9.97 Å². The van der Waals surface area contributed by atoms with Gasteiger partial charge in [-0.15, -0.1) is 11.3 Å². The lowest BCUT2D eigenvalue weighted by Crippen LogP contribution is -2.22. The van der Waals surface area contributed by atoms with Crippen LogP contribution in [0.15, 0.2) is 23.6 Å². The third-order valence-electron chi connectivity index (χ3n) is 2.76. The molecule has 0 aromatic carbocycles. The SMILES string of the molecule is Cc1cc(N(C)C(C)c2cccs2)nc(N)n1. The first kappa shape index (κ1) is 11.9. The van der Waals surface area contributed by atoms with E-state index in [4.69, 9.17) is 5.73 Å². The highest BCUT2D eigenvalue weighted by Crippen LogP contribution is 2.27. The minimum absolute atomic E-state index is 0.281. The minimum atomic E-state index is 0.281. The predicted molar refractivity (Wildman–Crippen MR) is 72.3 cm³/mol. The van der Waals surface area contributed by atoms with Gasteiger partial charge in [0.25, 0.3) is 0 Å². The van der Waals surface area contributed by atoms with E-state index < -0.39 is 0 Å². The van der Waals surface area contributed by atoms with Crippen molar-refractivity contribution in [2.24, 2.45) is 0 Å². The topological polar surface area (TPSA) is 55.0 Å². The van der Waals surface area contributed by atoms with Gasteiger partial charge >= 0.3 is 0 Å². The van der Waals surface area contributed by atoms with Crippen molar-refractivity contribution in [3.05, 3.63) is 34.2 Å². The normalized spacial score (nSPS) is 12.4. The Kier molecular flexibility index (Phi) is 3.28. The van der Waals surface area contributed by atoms with Gasteiger partial charge in [-0.2, -0.15) is 4.98 Å². The first-order valence-electron chi connectivity index (χ1n) is 5.45. The van der Waals surface area contributed by atoms with Crippen molar-refractivity contribution in [1.29, 1.82) is 0 Å². The van der Waals surface area contributed by atoms with Crippen LogP contribution in [0.1, 0.15) is 23.5 Å². The van der Waals surface area contributed by atoms with Gasteiger partial charge in [0.15, 0.2) is 0 Å². The number of aromatic nitrogens is 2. The summed E-state index contributed by atoms with van der Waals surface area (Å²) < 4.78 is 0. The van der Waals surface area contributed by atoms with Gasteiger partial charge in [0, 0.05) is 23.7 Å². The van der Waals surface area contributed by atoms with Crippen molar-refractivity contribution >= 4 is 23.1 Å². The molecule has 5 heteroatoms. The number of nitrogen functional groups attached to an aromatic ring is 1. The summed E-state index contributed by atoms with van der Waals surface area (Å²) in [6.45, 7) is 4.07. The second kappa shape index (κ2) is 4.71. The Morgan fingerprint density at radius 2 is 2.18 bits per heavy atom.